The molecule has 0 unspecified atom stereocenters. The first-order valence-electron chi connectivity index (χ1n) is 7.45. The Kier molecular flexibility index (Phi) is 5.72. The van der Waals surface area contributed by atoms with E-state index in [-0.39, 0.29) is 12.1 Å². The Bertz CT molecular complexity index is 536. The van der Waals surface area contributed by atoms with Crippen molar-refractivity contribution in [3.63, 3.8) is 0 Å². The fraction of sp³-hybridized carbons (Fsp3) is 0.412. The van der Waals surface area contributed by atoms with Crippen molar-refractivity contribution in [3.8, 4) is 0 Å². The zero-order chi connectivity index (χ0) is 15.9. The third-order valence-corrected chi connectivity index (χ3v) is 3.90. The number of carbonyl (C=O) groups is 1. The van der Waals surface area contributed by atoms with E-state index in [9.17, 15) is 4.79 Å². The first-order valence-corrected chi connectivity index (χ1v) is 7.45. The van der Waals surface area contributed by atoms with E-state index in [1.165, 1.54) is 0 Å². The Labute approximate surface area is 131 Å². The van der Waals surface area contributed by atoms with Crippen molar-refractivity contribution in [2.45, 2.75) is 18.9 Å². The average molecular weight is 301 g/mol. The maximum absolute atomic E-state index is 12.5. The highest BCUT2D eigenvalue weighted by Crippen LogP contribution is 2.18. The van der Waals surface area contributed by atoms with Gasteiger partial charge in [-0.05, 0) is 19.6 Å². The van der Waals surface area contributed by atoms with Crippen molar-refractivity contribution in [1.82, 2.24) is 9.80 Å². The van der Waals surface area contributed by atoms with E-state index in [1.54, 1.807) is 23.0 Å². The molecule has 1 aromatic carbocycles. The number of nitrogens with zero attached hydrogens (tertiary/aromatic N) is 3. The van der Waals surface area contributed by atoms with Crippen LogP contribution in [0.2, 0.25) is 0 Å². The number of carbonyl (C=O) groups excluding carboxylic acids is 1. The summed E-state index contributed by atoms with van der Waals surface area (Å²) in [5, 5.41) is 0. The highest BCUT2D eigenvalue weighted by molar-refractivity contribution is 5.78. The number of urea groups is 1. The number of hydrogen-bond donors (Lipinski definition) is 0. The van der Waals surface area contributed by atoms with Crippen LogP contribution >= 0.6 is 0 Å². The molecule has 118 valence electrons. The molecule has 2 amide bonds. The van der Waals surface area contributed by atoms with Crippen LogP contribution in [-0.4, -0.2) is 55.9 Å². The number of benzene rings is 1. The van der Waals surface area contributed by atoms with Crippen LogP contribution in [0.4, 0.5) is 4.79 Å². The molecule has 0 N–H and O–H groups in total. The third-order valence-electron chi connectivity index (χ3n) is 3.90. The predicted molar refractivity (Wildman–Crippen MR) is 88.7 cm³/mol. The molecule has 0 aliphatic carbocycles. The Balaban J connectivity index is 2.08. The van der Waals surface area contributed by atoms with Gasteiger partial charge in [0.25, 0.3) is 0 Å². The monoisotopic (exact) mass is 301 g/mol. The molecule has 0 bridgehead atoms. The number of aliphatic imine (C=N–C) groups is 1. The topological polar surface area (TPSA) is 45.1 Å². The molecule has 5 nitrogen and oxygen atoms in total. The molecule has 5 heteroatoms. The minimum Gasteiger partial charge on any atom is -0.381 e. The minimum absolute atomic E-state index is 0.0519. The highest BCUT2D eigenvalue weighted by atomic mass is 16.5. The fourth-order valence-electron chi connectivity index (χ4n) is 2.53. The maximum Gasteiger partial charge on any atom is 0.323 e. The van der Waals surface area contributed by atoms with E-state index < -0.39 is 0 Å². The van der Waals surface area contributed by atoms with Gasteiger partial charge in [0.05, 0.1) is 5.70 Å². The molecular weight excluding hydrogens is 278 g/mol. The molecule has 1 aromatic rings. The second-order valence-corrected chi connectivity index (χ2v) is 5.39. The van der Waals surface area contributed by atoms with Crippen molar-refractivity contribution in [2.75, 3.05) is 27.3 Å². The van der Waals surface area contributed by atoms with Gasteiger partial charge in [-0.1, -0.05) is 30.3 Å². The smallest absolute Gasteiger partial charge is 0.323 e. The summed E-state index contributed by atoms with van der Waals surface area (Å²) in [6.07, 6.45) is 3.48. The van der Waals surface area contributed by atoms with E-state index in [1.807, 2.05) is 37.4 Å². The van der Waals surface area contributed by atoms with Crippen LogP contribution in [0.25, 0.3) is 5.70 Å². The van der Waals surface area contributed by atoms with Gasteiger partial charge in [0.2, 0.25) is 0 Å². The molecule has 2 rings (SSSR count). The Hall–Kier alpha value is -2.14. The average Bonchev–Trinajstić information content (AvgIpc) is 2.59. The minimum atomic E-state index is -0.0519. The van der Waals surface area contributed by atoms with Gasteiger partial charge < -0.3 is 14.5 Å². The second-order valence-electron chi connectivity index (χ2n) is 5.39. The molecular formula is C17H23N3O2. The van der Waals surface area contributed by atoms with Gasteiger partial charge in [-0.2, -0.15) is 0 Å². The van der Waals surface area contributed by atoms with E-state index in [0.717, 1.165) is 18.4 Å². The van der Waals surface area contributed by atoms with Crippen LogP contribution < -0.4 is 0 Å². The molecule has 0 spiro atoms. The summed E-state index contributed by atoms with van der Waals surface area (Å²) in [5.74, 6) is 0. The zero-order valence-corrected chi connectivity index (χ0v) is 13.2. The first-order chi connectivity index (χ1) is 10.6. The van der Waals surface area contributed by atoms with Crippen LogP contribution in [0.5, 0.6) is 0 Å². The van der Waals surface area contributed by atoms with Gasteiger partial charge in [0.1, 0.15) is 0 Å². The van der Waals surface area contributed by atoms with Crippen molar-refractivity contribution in [1.29, 1.82) is 0 Å². The van der Waals surface area contributed by atoms with Crippen LogP contribution in [0.3, 0.4) is 0 Å². The van der Waals surface area contributed by atoms with E-state index in [0.29, 0.717) is 18.9 Å². The third kappa shape index (κ3) is 3.95. The van der Waals surface area contributed by atoms with E-state index in [2.05, 4.69) is 11.7 Å². The van der Waals surface area contributed by atoms with Crippen molar-refractivity contribution in [3.05, 3.63) is 42.1 Å². The van der Waals surface area contributed by atoms with Crippen LogP contribution in [0, 0.1) is 0 Å². The lowest BCUT2D eigenvalue weighted by atomic mass is 10.1. The van der Waals surface area contributed by atoms with Gasteiger partial charge in [-0.15, -0.1) is 0 Å². The zero-order valence-electron chi connectivity index (χ0n) is 13.2. The summed E-state index contributed by atoms with van der Waals surface area (Å²) in [6, 6.07) is 9.88. The molecule has 1 saturated heterocycles. The molecule has 1 aliphatic heterocycles. The highest BCUT2D eigenvalue weighted by Gasteiger charge is 2.24. The van der Waals surface area contributed by atoms with E-state index in [4.69, 9.17) is 4.74 Å². The summed E-state index contributed by atoms with van der Waals surface area (Å²) in [7, 11) is 3.58. The lowest BCUT2D eigenvalue weighted by molar-refractivity contribution is 0.0495. The molecule has 1 fully saturated rings. The van der Waals surface area contributed by atoms with Gasteiger partial charge in [-0.3, -0.25) is 4.99 Å². The van der Waals surface area contributed by atoms with Gasteiger partial charge in [-0.25, -0.2) is 4.79 Å². The lowest BCUT2D eigenvalue weighted by Crippen LogP contribution is -2.45. The molecule has 0 aromatic heterocycles. The van der Waals surface area contributed by atoms with Gasteiger partial charge >= 0.3 is 6.03 Å². The van der Waals surface area contributed by atoms with Gasteiger partial charge in [0.15, 0.2) is 0 Å². The standard InChI is InChI=1S/C17H23N3O2/c1-18-16(14-7-5-4-6-8-14)13-19(2)17(21)20(3)15-9-11-22-12-10-15/h4-8,13,15H,1,9-12H2,2-3H3/b16-13-. The van der Waals surface area contributed by atoms with Gasteiger partial charge in [0, 0.05) is 45.1 Å². The first kappa shape index (κ1) is 16.2. The molecule has 0 radical (unpaired) electrons. The second kappa shape index (κ2) is 7.75. The molecule has 1 heterocycles. The summed E-state index contributed by atoms with van der Waals surface area (Å²) in [5.41, 5.74) is 1.61. The van der Waals surface area contributed by atoms with Crippen molar-refractivity contribution >= 4 is 18.4 Å². The molecule has 0 atom stereocenters. The Morgan fingerprint density at radius 3 is 2.50 bits per heavy atom. The quantitative estimate of drug-likeness (QED) is 0.803. The number of ether oxygens (including phenoxy) is 1. The Morgan fingerprint density at radius 2 is 1.91 bits per heavy atom. The molecule has 22 heavy (non-hydrogen) atoms. The number of hydrogen-bond acceptors (Lipinski definition) is 3. The fourth-order valence-corrected chi connectivity index (χ4v) is 2.53. The molecule has 1 aliphatic rings. The summed E-state index contributed by atoms with van der Waals surface area (Å²) < 4.78 is 5.34. The normalized spacial score (nSPS) is 16.2. The summed E-state index contributed by atoms with van der Waals surface area (Å²) >= 11 is 0. The maximum atomic E-state index is 12.5. The molecule has 0 saturated carbocycles. The summed E-state index contributed by atoms with van der Waals surface area (Å²) in [6.45, 7) is 5.03. The lowest BCUT2D eigenvalue weighted by Gasteiger charge is -2.33. The Morgan fingerprint density at radius 1 is 1.27 bits per heavy atom. The predicted octanol–water partition coefficient (Wildman–Crippen LogP) is 2.85. The number of amides is 2. The largest absolute Gasteiger partial charge is 0.381 e. The van der Waals surface area contributed by atoms with Crippen LogP contribution in [0.15, 0.2) is 41.5 Å². The van der Waals surface area contributed by atoms with Crippen LogP contribution in [-0.2, 0) is 4.74 Å². The van der Waals surface area contributed by atoms with E-state index >= 15 is 0 Å². The van der Waals surface area contributed by atoms with Crippen LogP contribution in [0.1, 0.15) is 18.4 Å². The summed E-state index contributed by atoms with van der Waals surface area (Å²) in [4.78, 5) is 19.9. The van der Waals surface area contributed by atoms with Crippen molar-refractivity contribution in [2.24, 2.45) is 4.99 Å². The number of rotatable bonds is 4. The SMILES string of the molecule is C=N/C(=C\N(C)C(=O)N(C)C1CCOCC1)c1ccccc1. The van der Waals surface area contributed by atoms with Crippen molar-refractivity contribution < 1.29 is 9.53 Å².